The number of benzene rings is 2. The number of likely N-dealkylation sites (tertiary alicyclic amines) is 1. The van der Waals surface area contributed by atoms with Gasteiger partial charge in [0.1, 0.15) is 6.54 Å². The summed E-state index contributed by atoms with van der Waals surface area (Å²) < 4.78 is 35.8. The topological polar surface area (TPSA) is 93.8 Å². The van der Waals surface area contributed by atoms with E-state index in [0.29, 0.717) is 38.9 Å². The summed E-state index contributed by atoms with van der Waals surface area (Å²) in [5.41, 5.74) is 0.157. The van der Waals surface area contributed by atoms with Crippen LogP contribution in [0.25, 0.3) is 11.1 Å². The van der Waals surface area contributed by atoms with Crippen LogP contribution in [0.1, 0.15) is 36.9 Å². The van der Waals surface area contributed by atoms with Crippen LogP contribution in [0.3, 0.4) is 0 Å². The molecule has 1 saturated heterocycles. The minimum absolute atomic E-state index is 0.0120. The average Bonchev–Trinajstić information content (AvgIpc) is 3.14. The van der Waals surface area contributed by atoms with Crippen molar-refractivity contribution in [2.24, 2.45) is 0 Å². The van der Waals surface area contributed by atoms with E-state index in [2.05, 4.69) is 6.07 Å². The predicted molar refractivity (Wildman–Crippen MR) is 152 cm³/mol. The summed E-state index contributed by atoms with van der Waals surface area (Å²) >= 11 is 0. The fraction of sp³-hybridized carbons (Fsp3) is 0.419. The fourth-order valence-electron chi connectivity index (χ4n) is 6.00. The zero-order valence-electron chi connectivity index (χ0n) is 23.7. The third kappa shape index (κ3) is 5.78. The molecular formula is C31H34F2N4O5. The van der Waals surface area contributed by atoms with Crippen LogP contribution in [-0.2, 0) is 33.7 Å². The molecule has 11 heteroatoms. The molecule has 0 radical (unpaired) electrons. The Morgan fingerprint density at radius 1 is 0.976 bits per heavy atom. The number of aromatic nitrogens is 2. The number of nitrogens with zero attached hydrogens (tertiary/aromatic N) is 4. The van der Waals surface area contributed by atoms with Crippen molar-refractivity contribution in [1.29, 1.82) is 0 Å². The number of piperidine rings is 1. The number of rotatable bonds is 7. The number of halogens is 2. The van der Waals surface area contributed by atoms with Crippen molar-refractivity contribution in [1.82, 2.24) is 18.9 Å². The molecule has 1 fully saturated rings. The molecule has 2 aliphatic rings. The van der Waals surface area contributed by atoms with Gasteiger partial charge in [-0.2, -0.15) is 0 Å². The lowest BCUT2D eigenvalue weighted by molar-refractivity contribution is -0.136. The zero-order valence-corrected chi connectivity index (χ0v) is 23.7. The molecular weight excluding hydrogens is 546 g/mol. The van der Waals surface area contributed by atoms with Crippen molar-refractivity contribution in [2.45, 2.75) is 51.2 Å². The average molecular weight is 581 g/mol. The Balaban J connectivity index is 1.34. The smallest absolute Gasteiger partial charge is 0.331 e. The van der Waals surface area contributed by atoms with Crippen LogP contribution in [0.2, 0.25) is 0 Å². The van der Waals surface area contributed by atoms with Gasteiger partial charge in [-0.05, 0) is 43.4 Å². The number of carbonyl (C=O) groups excluding carboxylic acids is 2. The fourth-order valence-corrected chi connectivity index (χ4v) is 6.00. The maximum absolute atomic E-state index is 14.7. The first kappa shape index (κ1) is 29.4. The van der Waals surface area contributed by atoms with Gasteiger partial charge in [0.05, 0.1) is 24.6 Å². The molecule has 2 aromatic carbocycles. The summed E-state index contributed by atoms with van der Waals surface area (Å²) in [4.78, 5) is 56.6. The molecule has 0 bridgehead atoms. The lowest BCUT2D eigenvalue weighted by Crippen LogP contribution is -2.50. The van der Waals surface area contributed by atoms with Gasteiger partial charge in [0, 0.05) is 44.5 Å². The summed E-state index contributed by atoms with van der Waals surface area (Å²) in [6, 6.07) is 10.7. The van der Waals surface area contributed by atoms with Crippen LogP contribution in [0.15, 0.2) is 58.3 Å². The van der Waals surface area contributed by atoms with Crippen molar-refractivity contribution in [3.63, 3.8) is 0 Å². The number of ether oxygens (including phenoxy) is 1. The van der Waals surface area contributed by atoms with Crippen LogP contribution in [0.5, 0.6) is 0 Å². The van der Waals surface area contributed by atoms with Gasteiger partial charge >= 0.3 is 5.69 Å². The van der Waals surface area contributed by atoms with E-state index < -0.39 is 28.9 Å². The first-order valence-corrected chi connectivity index (χ1v) is 14.1. The molecule has 0 saturated carbocycles. The van der Waals surface area contributed by atoms with Crippen molar-refractivity contribution >= 4 is 11.8 Å². The van der Waals surface area contributed by atoms with E-state index in [1.807, 2.05) is 23.1 Å². The van der Waals surface area contributed by atoms with Crippen LogP contribution < -0.4 is 11.2 Å². The van der Waals surface area contributed by atoms with Crippen molar-refractivity contribution in [3.05, 3.63) is 92.3 Å². The Bertz CT molecular complexity index is 1610. The van der Waals surface area contributed by atoms with Crippen molar-refractivity contribution in [3.8, 4) is 11.1 Å². The number of hydrogen-bond donors (Lipinski definition) is 0. The summed E-state index contributed by atoms with van der Waals surface area (Å²) in [5.74, 6) is -2.61. The minimum Gasteiger partial charge on any atom is -0.383 e. The number of hydrogen-bond acceptors (Lipinski definition) is 5. The molecule has 3 aromatic rings. The molecule has 1 aromatic heterocycles. The molecule has 0 N–H and O–H groups in total. The van der Waals surface area contributed by atoms with Gasteiger partial charge < -0.3 is 14.5 Å². The number of carbonyl (C=O) groups is 2. The molecule has 0 spiro atoms. The quantitative estimate of drug-likeness (QED) is 0.429. The Morgan fingerprint density at radius 2 is 1.69 bits per heavy atom. The van der Waals surface area contributed by atoms with E-state index >= 15 is 0 Å². The van der Waals surface area contributed by atoms with Gasteiger partial charge in [-0.25, -0.2) is 13.6 Å². The molecule has 0 unspecified atom stereocenters. The normalized spacial score (nSPS) is 16.7. The molecule has 42 heavy (non-hydrogen) atoms. The molecule has 5 rings (SSSR count). The first-order valence-electron chi connectivity index (χ1n) is 14.1. The van der Waals surface area contributed by atoms with Crippen LogP contribution in [0, 0.1) is 11.6 Å². The van der Waals surface area contributed by atoms with Gasteiger partial charge in [0.25, 0.3) is 5.56 Å². The third-order valence-electron chi connectivity index (χ3n) is 8.24. The minimum atomic E-state index is -1.22. The molecule has 2 amide bonds. The maximum Gasteiger partial charge on any atom is 0.331 e. The summed E-state index contributed by atoms with van der Waals surface area (Å²) in [6.07, 6.45) is 3.48. The Hall–Kier alpha value is -4.12. The predicted octanol–water partition coefficient (Wildman–Crippen LogP) is 2.78. The SMILES string of the molecule is COC[C@H](C)n1c(=O)c(-c2cccc(F)c2F)cn(CC(=O)N2CCC(N3CCc4ccccc4CC3=O)CC2)c1=O. The molecule has 0 aliphatic carbocycles. The van der Waals surface area contributed by atoms with E-state index in [4.69, 9.17) is 4.74 Å². The van der Waals surface area contributed by atoms with Crippen molar-refractivity contribution in [2.75, 3.05) is 33.4 Å². The lowest BCUT2D eigenvalue weighted by Gasteiger charge is -2.38. The highest BCUT2D eigenvalue weighted by Crippen LogP contribution is 2.24. The molecule has 2 aliphatic heterocycles. The van der Waals surface area contributed by atoms with Crippen LogP contribution in [0.4, 0.5) is 8.78 Å². The van der Waals surface area contributed by atoms with Gasteiger partial charge in [0.2, 0.25) is 11.8 Å². The summed E-state index contributed by atoms with van der Waals surface area (Å²) in [5, 5.41) is 0. The second-order valence-electron chi connectivity index (χ2n) is 10.9. The Labute approximate surface area is 241 Å². The van der Waals surface area contributed by atoms with E-state index in [0.717, 1.165) is 33.4 Å². The number of amides is 2. The van der Waals surface area contributed by atoms with Crippen LogP contribution in [-0.4, -0.2) is 70.1 Å². The molecule has 3 heterocycles. The first-order chi connectivity index (χ1) is 20.2. The van der Waals surface area contributed by atoms with Gasteiger partial charge in [0.15, 0.2) is 11.6 Å². The van der Waals surface area contributed by atoms with Gasteiger partial charge in [-0.3, -0.25) is 23.5 Å². The number of methoxy groups -OCH3 is 1. The second kappa shape index (κ2) is 12.4. The standard InChI is InChI=1S/C31H34F2N4O5/c1-20(19-42-2)37-30(40)25(24-8-5-9-26(32)29(24)33)17-35(31(37)41)18-28(39)34-13-11-23(12-14-34)36-15-10-21-6-3-4-7-22(21)16-27(36)38/h3-9,17,20,23H,10-16,18-19H2,1-2H3/t20-/m0/s1. The highest BCUT2D eigenvalue weighted by Gasteiger charge is 2.31. The lowest BCUT2D eigenvalue weighted by atomic mass is 10.0. The van der Waals surface area contributed by atoms with Crippen LogP contribution >= 0.6 is 0 Å². The Morgan fingerprint density at radius 3 is 2.40 bits per heavy atom. The summed E-state index contributed by atoms with van der Waals surface area (Å²) in [6.45, 7) is 2.67. The highest BCUT2D eigenvalue weighted by atomic mass is 19.2. The summed E-state index contributed by atoms with van der Waals surface area (Å²) in [7, 11) is 1.42. The third-order valence-corrected chi connectivity index (χ3v) is 8.24. The molecule has 222 valence electrons. The monoisotopic (exact) mass is 580 g/mol. The largest absolute Gasteiger partial charge is 0.383 e. The second-order valence-corrected chi connectivity index (χ2v) is 10.9. The maximum atomic E-state index is 14.7. The highest BCUT2D eigenvalue weighted by molar-refractivity contribution is 5.80. The van der Waals surface area contributed by atoms with Crippen molar-refractivity contribution < 1.29 is 23.1 Å². The van der Waals surface area contributed by atoms with E-state index in [9.17, 15) is 28.0 Å². The van der Waals surface area contributed by atoms with E-state index in [-0.39, 0.29) is 42.1 Å². The molecule has 9 nitrogen and oxygen atoms in total. The van der Waals surface area contributed by atoms with E-state index in [1.54, 1.807) is 11.8 Å². The van der Waals surface area contributed by atoms with E-state index in [1.165, 1.54) is 24.8 Å². The van der Waals surface area contributed by atoms with Gasteiger partial charge in [-0.15, -0.1) is 0 Å². The Kier molecular flexibility index (Phi) is 8.67. The number of fused-ring (bicyclic) bond motifs is 1. The molecule has 1 atom stereocenters. The van der Waals surface area contributed by atoms with Gasteiger partial charge in [-0.1, -0.05) is 36.4 Å². The zero-order chi connectivity index (χ0) is 30.0.